The van der Waals surface area contributed by atoms with Gasteiger partial charge in [0.2, 0.25) is 0 Å². The summed E-state index contributed by atoms with van der Waals surface area (Å²) in [6.45, 7) is 6.37. The van der Waals surface area contributed by atoms with Crippen LogP contribution in [0.15, 0.2) is 48.6 Å². The van der Waals surface area contributed by atoms with Gasteiger partial charge in [-0.2, -0.15) is 0 Å². The van der Waals surface area contributed by atoms with Crippen LogP contribution in [0.25, 0.3) is 0 Å². The first-order valence-electron chi connectivity index (χ1n) is 17.5. The minimum atomic E-state index is -1.05. The van der Waals surface area contributed by atoms with Crippen LogP contribution in [0.1, 0.15) is 149 Å². The van der Waals surface area contributed by atoms with E-state index in [1.54, 1.807) is 6.08 Å². The van der Waals surface area contributed by atoms with E-state index < -0.39 is 12.1 Å². The summed E-state index contributed by atoms with van der Waals surface area (Å²) in [7, 11) is 0. The number of esters is 2. The molecule has 6 heteroatoms. The third-order valence-corrected chi connectivity index (χ3v) is 7.58. The van der Waals surface area contributed by atoms with E-state index in [0.29, 0.717) is 12.8 Å². The maximum atomic E-state index is 12.0. The fourth-order valence-electron chi connectivity index (χ4n) is 4.48. The Morgan fingerprint density at radius 1 is 0.636 bits per heavy atom. The fraction of sp³-hybridized carbons (Fsp3) is 0.711. The van der Waals surface area contributed by atoms with Gasteiger partial charge in [0.1, 0.15) is 19.3 Å². The molecule has 0 aromatic rings. The third kappa shape index (κ3) is 31.0. The number of rotatable bonds is 30. The molecule has 0 saturated heterocycles. The molecule has 252 valence electrons. The van der Waals surface area contributed by atoms with Gasteiger partial charge in [0, 0.05) is 19.3 Å². The van der Waals surface area contributed by atoms with Crippen molar-refractivity contribution in [3.8, 4) is 0 Å². The summed E-state index contributed by atoms with van der Waals surface area (Å²) in [4.78, 5) is 35.8. The lowest BCUT2D eigenvalue weighted by Crippen LogP contribution is -2.25. The Morgan fingerprint density at radius 3 is 1.84 bits per heavy atom. The predicted molar refractivity (Wildman–Crippen MR) is 182 cm³/mol. The summed E-state index contributed by atoms with van der Waals surface area (Å²) in [6, 6.07) is 0. The number of hydrogen-bond acceptors (Lipinski definition) is 6. The van der Waals surface area contributed by atoms with Crippen LogP contribution in [-0.4, -0.2) is 42.1 Å². The van der Waals surface area contributed by atoms with E-state index in [4.69, 9.17) is 9.47 Å². The van der Waals surface area contributed by atoms with E-state index in [2.05, 4.69) is 45.1 Å². The highest BCUT2D eigenvalue weighted by molar-refractivity contribution is 5.90. The number of unbranched alkanes of at least 4 members (excludes halogenated alkanes) is 10. The lowest BCUT2D eigenvalue weighted by Gasteiger charge is -2.12. The summed E-state index contributed by atoms with van der Waals surface area (Å²) >= 11 is 0. The van der Waals surface area contributed by atoms with Crippen LogP contribution in [-0.2, 0) is 23.9 Å². The molecule has 0 amide bonds. The standard InChI is InChI=1S/C38H64O6/c1-4-6-7-8-9-10-11-12-13-14-18-21-24-28-35(39)29-26-31-38(42)44-33-36(40)32-43-37(41)30-25-22-19-16-15-17-20-23-27-34(3)5-2/h9-10,12-13,18,21,24,28,34,36,40H,4-8,11,14-17,19-20,22-23,25-27,29-33H2,1-3H3/b10-9-,13-12-,21-18-,28-24+/t34?,36-/m0/s1. The fourth-order valence-corrected chi connectivity index (χ4v) is 4.48. The van der Waals surface area contributed by atoms with Crippen molar-refractivity contribution in [1.82, 2.24) is 0 Å². The number of hydrogen-bond donors (Lipinski definition) is 1. The Kier molecular flexibility index (Phi) is 30.1. The van der Waals surface area contributed by atoms with Crippen molar-refractivity contribution in [3.05, 3.63) is 48.6 Å². The van der Waals surface area contributed by atoms with E-state index in [1.165, 1.54) is 70.3 Å². The molecule has 1 N–H and O–H groups in total. The Bertz CT molecular complexity index is 825. The van der Waals surface area contributed by atoms with Gasteiger partial charge in [0.15, 0.2) is 5.78 Å². The Labute approximate surface area is 269 Å². The van der Waals surface area contributed by atoms with Crippen molar-refractivity contribution in [2.45, 2.75) is 155 Å². The van der Waals surface area contributed by atoms with Gasteiger partial charge in [-0.3, -0.25) is 14.4 Å². The maximum Gasteiger partial charge on any atom is 0.305 e. The molecule has 0 aromatic heterocycles. The zero-order chi connectivity index (χ0) is 32.5. The highest BCUT2D eigenvalue weighted by Crippen LogP contribution is 2.15. The van der Waals surface area contributed by atoms with Crippen LogP contribution >= 0.6 is 0 Å². The van der Waals surface area contributed by atoms with E-state index in [1.807, 2.05) is 12.2 Å². The molecule has 0 saturated carbocycles. The SMILES string of the molecule is CCCCC/C=C\C/C=C\C/C=C\C=C\C(=O)CCCC(=O)OC[C@@H](O)COC(=O)CCCCCCCCCCC(C)CC. The molecule has 44 heavy (non-hydrogen) atoms. The van der Waals surface area contributed by atoms with Crippen LogP contribution in [0.3, 0.4) is 0 Å². The third-order valence-electron chi connectivity index (χ3n) is 7.58. The number of allylic oxidation sites excluding steroid dienone is 8. The van der Waals surface area contributed by atoms with Gasteiger partial charge < -0.3 is 14.6 Å². The molecular formula is C38H64O6. The van der Waals surface area contributed by atoms with Crippen molar-refractivity contribution in [2.75, 3.05) is 13.2 Å². The van der Waals surface area contributed by atoms with E-state index in [0.717, 1.165) is 44.4 Å². The second kappa shape index (κ2) is 31.9. The minimum Gasteiger partial charge on any atom is -0.463 e. The van der Waals surface area contributed by atoms with Gasteiger partial charge in [0.25, 0.3) is 0 Å². The van der Waals surface area contributed by atoms with Gasteiger partial charge in [-0.25, -0.2) is 0 Å². The van der Waals surface area contributed by atoms with E-state index in [9.17, 15) is 19.5 Å². The maximum absolute atomic E-state index is 12.0. The molecule has 0 aromatic carbocycles. The lowest BCUT2D eigenvalue weighted by atomic mass is 9.99. The smallest absolute Gasteiger partial charge is 0.305 e. The summed E-state index contributed by atoms with van der Waals surface area (Å²) in [5.41, 5.74) is 0. The van der Waals surface area contributed by atoms with Crippen molar-refractivity contribution >= 4 is 17.7 Å². The molecule has 0 aliphatic carbocycles. The normalized spacial score (nSPS) is 13.4. The second-order valence-corrected chi connectivity index (χ2v) is 11.9. The highest BCUT2D eigenvalue weighted by atomic mass is 16.6. The van der Waals surface area contributed by atoms with E-state index in [-0.39, 0.29) is 37.8 Å². The Morgan fingerprint density at radius 2 is 1.20 bits per heavy atom. The summed E-state index contributed by atoms with van der Waals surface area (Å²) < 4.78 is 10.2. The summed E-state index contributed by atoms with van der Waals surface area (Å²) in [5, 5.41) is 9.95. The van der Waals surface area contributed by atoms with Gasteiger partial charge in [-0.05, 0) is 50.5 Å². The molecule has 0 radical (unpaired) electrons. The van der Waals surface area contributed by atoms with Crippen LogP contribution < -0.4 is 0 Å². The molecule has 0 aliphatic heterocycles. The second-order valence-electron chi connectivity index (χ2n) is 11.9. The Hall–Kier alpha value is -2.47. The molecule has 2 atom stereocenters. The zero-order valence-corrected chi connectivity index (χ0v) is 28.3. The van der Waals surface area contributed by atoms with Crippen molar-refractivity contribution in [1.29, 1.82) is 0 Å². The van der Waals surface area contributed by atoms with Gasteiger partial charge in [-0.1, -0.05) is 134 Å². The average Bonchev–Trinajstić information content (AvgIpc) is 3.01. The number of ether oxygens (including phenoxy) is 2. The molecule has 0 bridgehead atoms. The molecule has 0 spiro atoms. The molecule has 0 aliphatic rings. The van der Waals surface area contributed by atoms with Crippen LogP contribution in [0, 0.1) is 5.92 Å². The Balaban J connectivity index is 3.70. The first-order chi connectivity index (χ1) is 21.4. The van der Waals surface area contributed by atoms with Crippen LogP contribution in [0.2, 0.25) is 0 Å². The number of aliphatic hydroxyl groups is 1. The molecule has 0 fully saturated rings. The number of aliphatic hydroxyl groups excluding tert-OH is 1. The van der Waals surface area contributed by atoms with E-state index >= 15 is 0 Å². The van der Waals surface area contributed by atoms with Crippen LogP contribution in [0.4, 0.5) is 0 Å². The number of ketones is 1. The van der Waals surface area contributed by atoms with Gasteiger partial charge >= 0.3 is 11.9 Å². The largest absolute Gasteiger partial charge is 0.463 e. The molecule has 1 unspecified atom stereocenters. The molecule has 6 nitrogen and oxygen atoms in total. The zero-order valence-electron chi connectivity index (χ0n) is 28.3. The van der Waals surface area contributed by atoms with Crippen LogP contribution in [0.5, 0.6) is 0 Å². The first-order valence-corrected chi connectivity index (χ1v) is 17.5. The summed E-state index contributed by atoms with van der Waals surface area (Å²) in [6.07, 6.45) is 34.5. The topological polar surface area (TPSA) is 89.9 Å². The molecule has 0 heterocycles. The van der Waals surface area contributed by atoms with Crippen molar-refractivity contribution in [3.63, 3.8) is 0 Å². The summed E-state index contributed by atoms with van der Waals surface area (Å²) in [5.74, 6) is -0.0220. The van der Waals surface area contributed by atoms with Gasteiger partial charge in [-0.15, -0.1) is 0 Å². The quantitative estimate of drug-likeness (QED) is 0.0284. The lowest BCUT2D eigenvalue weighted by molar-refractivity contribution is -0.152. The molecule has 0 rings (SSSR count). The number of carbonyl (C=O) groups is 3. The minimum absolute atomic E-state index is 0.0503. The first kappa shape index (κ1) is 41.5. The predicted octanol–water partition coefficient (Wildman–Crippen LogP) is 9.71. The molecular weight excluding hydrogens is 552 g/mol. The highest BCUT2D eigenvalue weighted by Gasteiger charge is 2.12. The number of carbonyl (C=O) groups excluding carboxylic acids is 3. The van der Waals surface area contributed by atoms with Gasteiger partial charge in [0.05, 0.1) is 0 Å². The monoisotopic (exact) mass is 616 g/mol. The van der Waals surface area contributed by atoms with Crippen molar-refractivity contribution in [2.24, 2.45) is 5.92 Å². The van der Waals surface area contributed by atoms with Crippen molar-refractivity contribution < 1.29 is 29.0 Å². The average molecular weight is 617 g/mol.